The minimum Gasteiger partial charge on any atom is -0.399 e. The highest BCUT2D eigenvalue weighted by molar-refractivity contribution is 5.44. The number of nitrogens with two attached hydrogens (primary N) is 1. The minimum absolute atomic E-state index is 0.450. The molecule has 1 aromatic carbocycles. The zero-order valence-corrected chi connectivity index (χ0v) is 10.2. The van der Waals surface area contributed by atoms with Crippen molar-refractivity contribution in [3.05, 3.63) is 58.3 Å². The van der Waals surface area contributed by atoms with Gasteiger partial charge in [0.15, 0.2) is 0 Å². The highest BCUT2D eigenvalue weighted by atomic mass is 14.6. The van der Waals surface area contributed by atoms with Gasteiger partial charge in [0.05, 0.1) is 0 Å². The van der Waals surface area contributed by atoms with Gasteiger partial charge >= 0.3 is 0 Å². The van der Waals surface area contributed by atoms with Gasteiger partial charge in [0, 0.05) is 11.6 Å². The third-order valence-corrected chi connectivity index (χ3v) is 3.20. The van der Waals surface area contributed by atoms with Crippen LogP contribution >= 0.6 is 0 Å². The molecule has 0 unspecified atom stereocenters. The molecule has 1 aliphatic rings. The topological polar surface area (TPSA) is 26.0 Å². The van der Waals surface area contributed by atoms with Gasteiger partial charge in [0.2, 0.25) is 0 Å². The molecule has 1 aromatic rings. The summed E-state index contributed by atoms with van der Waals surface area (Å²) in [6, 6.07) is 4.51. The maximum absolute atomic E-state index is 5.87. The molecule has 1 aliphatic carbocycles. The molecule has 1 atom stereocenters. The zero-order valence-electron chi connectivity index (χ0n) is 10.2. The fourth-order valence-corrected chi connectivity index (χ4v) is 2.68. The van der Waals surface area contributed by atoms with Crippen LogP contribution in [0.5, 0.6) is 0 Å². The van der Waals surface area contributed by atoms with Gasteiger partial charge in [0.1, 0.15) is 0 Å². The van der Waals surface area contributed by atoms with Crippen molar-refractivity contribution >= 4 is 0 Å². The molecule has 0 bridgehead atoms. The van der Waals surface area contributed by atoms with Crippen molar-refractivity contribution in [2.75, 3.05) is 0 Å². The van der Waals surface area contributed by atoms with Crippen LogP contribution in [0.2, 0.25) is 0 Å². The second kappa shape index (κ2) is 4.17. The Morgan fingerprint density at radius 1 is 1.12 bits per heavy atom. The second-order valence-electron chi connectivity index (χ2n) is 4.72. The van der Waals surface area contributed by atoms with Gasteiger partial charge in [-0.15, -0.1) is 0 Å². The van der Waals surface area contributed by atoms with Crippen molar-refractivity contribution in [1.29, 1.82) is 0 Å². The van der Waals surface area contributed by atoms with E-state index in [0.717, 1.165) is 12.1 Å². The van der Waals surface area contributed by atoms with Crippen molar-refractivity contribution in [1.82, 2.24) is 0 Å². The summed E-state index contributed by atoms with van der Waals surface area (Å²) in [5, 5.41) is 0. The van der Waals surface area contributed by atoms with Crippen LogP contribution in [0.1, 0.15) is 34.6 Å². The molecule has 0 radical (unpaired) electrons. The van der Waals surface area contributed by atoms with Crippen molar-refractivity contribution in [3.63, 3.8) is 0 Å². The van der Waals surface area contributed by atoms with Crippen molar-refractivity contribution in [2.45, 2.75) is 33.1 Å². The third kappa shape index (κ3) is 2.04. The van der Waals surface area contributed by atoms with Gasteiger partial charge in [-0.1, -0.05) is 29.8 Å². The molecule has 0 spiro atoms. The highest BCUT2D eigenvalue weighted by Gasteiger charge is 2.15. The minimum atomic E-state index is 0.450. The lowest BCUT2D eigenvalue weighted by molar-refractivity contribution is 0.824. The summed E-state index contributed by atoms with van der Waals surface area (Å²) in [5.74, 6) is 0.450. The van der Waals surface area contributed by atoms with Crippen molar-refractivity contribution in [2.24, 2.45) is 5.73 Å². The summed E-state index contributed by atoms with van der Waals surface area (Å²) in [4.78, 5) is 0. The lowest BCUT2D eigenvalue weighted by Crippen LogP contribution is -2.07. The molecule has 0 fully saturated rings. The van der Waals surface area contributed by atoms with E-state index < -0.39 is 0 Å². The molecule has 1 heteroatoms. The molecule has 16 heavy (non-hydrogen) atoms. The number of aryl methyl sites for hydroxylation is 3. The molecular formula is C15H19N. The Balaban J connectivity index is 2.45. The van der Waals surface area contributed by atoms with Crippen LogP contribution in [-0.4, -0.2) is 0 Å². The highest BCUT2D eigenvalue weighted by Crippen LogP contribution is 2.31. The first-order chi connectivity index (χ1) is 7.58. The molecule has 0 aromatic heterocycles. The standard InChI is InChI=1S/C15H19N/c1-10-7-11(2)15(12(3)8-10)13-5-4-6-14(16)9-13/h4,6-9,13H,5,16H2,1-3H3/t13-/m1/s1. The van der Waals surface area contributed by atoms with E-state index in [2.05, 4.69) is 45.1 Å². The lowest BCUT2D eigenvalue weighted by Gasteiger charge is -2.20. The van der Waals surface area contributed by atoms with E-state index in [1.165, 1.54) is 22.3 Å². The number of benzene rings is 1. The normalized spacial score (nSPS) is 19.7. The lowest BCUT2D eigenvalue weighted by atomic mass is 9.85. The Bertz CT molecular complexity index is 443. The summed E-state index contributed by atoms with van der Waals surface area (Å²) in [6.45, 7) is 6.53. The summed E-state index contributed by atoms with van der Waals surface area (Å²) in [7, 11) is 0. The van der Waals surface area contributed by atoms with Crippen molar-refractivity contribution < 1.29 is 0 Å². The van der Waals surface area contributed by atoms with Gasteiger partial charge in [-0.2, -0.15) is 0 Å². The van der Waals surface area contributed by atoms with E-state index in [1.54, 1.807) is 0 Å². The number of rotatable bonds is 1. The summed E-state index contributed by atoms with van der Waals surface area (Å²) >= 11 is 0. The maximum Gasteiger partial charge on any atom is 0.0276 e. The number of hydrogen-bond donors (Lipinski definition) is 1. The van der Waals surface area contributed by atoms with Crippen molar-refractivity contribution in [3.8, 4) is 0 Å². The van der Waals surface area contributed by atoms with E-state index in [0.29, 0.717) is 5.92 Å². The fourth-order valence-electron chi connectivity index (χ4n) is 2.68. The maximum atomic E-state index is 5.87. The van der Waals surface area contributed by atoms with E-state index in [9.17, 15) is 0 Å². The zero-order chi connectivity index (χ0) is 11.7. The van der Waals surface area contributed by atoms with Gasteiger partial charge < -0.3 is 5.73 Å². The summed E-state index contributed by atoms with van der Waals surface area (Å²) in [5.41, 5.74) is 12.3. The first-order valence-electron chi connectivity index (χ1n) is 5.79. The molecule has 2 N–H and O–H groups in total. The van der Waals surface area contributed by atoms with Gasteiger partial charge in [0.25, 0.3) is 0 Å². The average Bonchev–Trinajstić information content (AvgIpc) is 2.15. The Morgan fingerprint density at radius 2 is 1.75 bits per heavy atom. The van der Waals surface area contributed by atoms with Crippen LogP contribution < -0.4 is 5.73 Å². The second-order valence-corrected chi connectivity index (χ2v) is 4.72. The molecule has 84 valence electrons. The monoisotopic (exact) mass is 213 g/mol. The van der Waals surface area contributed by atoms with Crippen LogP contribution in [0, 0.1) is 20.8 Å². The molecular weight excluding hydrogens is 194 g/mol. The van der Waals surface area contributed by atoms with Crippen LogP contribution in [0.15, 0.2) is 36.1 Å². The van der Waals surface area contributed by atoms with E-state index >= 15 is 0 Å². The SMILES string of the molecule is Cc1cc(C)c([C@H]2C=C(N)C=CC2)c(C)c1. The van der Waals surface area contributed by atoms with Gasteiger partial charge in [-0.05, 0) is 50.0 Å². The summed E-state index contributed by atoms with van der Waals surface area (Å²) < 4.78 is 0. The van der Waals surface area contributed by atoms with E-state index in [1.807, 2.05) is 6.08 Å². The Hall–Kier alpha value is -1.50. The number of allylic oxidation sites excluding steroid dienone is 3. The van der Waals surface area contributed by atoms with Gasteiger partial charge in [-0.3, -0.25) is 0 Å². The molecule has 1 nitrogen and oxygen atoms in total. The van der Waals surface area contributed by atoms with Gasteiger partial charge in [-0.25, -0.2) is 0 Å². The summed E-state index contributed by atoms with van der Waals surface area (Å²) in [6.07, 6.45) is 7.39. The van der Waals surface area contributed by atoms with Crippen LogP contribution in [-0.2, 0) is 0 Å². The number of hydrogen-bond acceptors (Lipinski definition) is 1. The quantitative estimate of drug-likeness (QED) is 0.759. The molecule has 0 saturated heterocycles. The Labute approximate surface area is 97.7 Å². The largest absolute Gasteiger partial charge is 0.399 e. The average molecular weight is 213 g/mol. The molecule has 2 rings (SSSR count). The van der Waals surface area contributed by atoms with Crippen LogP contribution in [0.4, 0.5) is 0 Å². The molecule has 0 heterocycles. The molecule has 0 amide bonds. The molecule has 0 aliphatic heterocycles. The fraction of sp³-hybridized carbons (Fsp3) is 0.333. The predicted molar refractivity (Wildman–Crippen MR) is 69.4 cm³/mol. The first-order valence-corrected chi connectivity index (χ1v) is 5.79. The van der Waals surface area contributed by atoms with Crippen LogP contribution in [0.25, 0.3) is 0 Å². The predicted octanol–water partition coefficient (Wildman–Crippen LogP) is 3.50. The van der Waals surface area contributed by atoms with E-state index in [-0.39, 0.29) is 0 Å². The molecule has 0 saturated carbocycles. The van der Waals surface area contributed by atoms with E-state index in [4.69, 9.17) is 5.73 Å². The third-order valence-electron chi connectivity index (χ3n) is 3.20. The Kier molecular flexibility index (Phi) is 2.86. The smallest absolute Gasteiger partial charge is 0.0276 e. The van der Waals surface area contributed by atoms with Crippen LogP contribution in [0.3, 0.4) is 0 Å². The Morgan fingerprint density at radius 3 is 2.31 bits per heavy atom. The first kappa shape index (κ1) is 11.0.